The van der Waals surface area contributed by atoms with Crippen LogP contribution in [0.1, 0.15) is 46.7 Å². The minimum absolute atomic E-state index is 0.154. The third-order valence-corrected chi connectivity index (χ3v) is 5.43. The molecule has 1 heterocycles. The van der Waals surface area contributed by atoms with Gasteiger partial charge < -0.3 is 13.9 Å². The van der Waals surface area contributed by atoms with Gasteiger partial charge in [-0.2, -0.15) is 0 Å². The number of rotatable bonds is 7. The maximum absolute atomic E-state index is 12.6. The van der Waals surface area contributed by atoms with E-state index < -0.39 is 5.63 Å². The van der Waals surface area contributed by atoms with Gasteiger partial charge in [0.1, 0.15) is 17.9 Å². The monoisotopic (exact) mass is 408 g/mol. The van der Waals surface area contributed by atoms with Gasteiger partial charge in [-0.3, -0.25) is 4.79 Å². The smallest absolute Gasteiger partial charge is 0.339 e. The normalized spacial score (nSPS) is 11.0. The second-order valence-electron chi connectivity index (χ2n) is 7.58. The van der Waals surface area contributed by atoms with Crippen LogP contribution in [0.15, 0.2) is 39.5 Å². The molecule has 2 aromatic carbocycles. The lowest BCUT2D eigenvalue weighted by Crippen LogP contribution is -2.14. The lowest BCUT2D eigenvalue weighted by molar-refractivity contribution is -0.143. The molecule has 30 heavy (non-hydrogen) atoms. The minimum Gasteiger partial charge on any atom is -0.488 e. The summed E-state index contributed by atoms with van der Waals surface area (Å²) in [6.07, 6.45) is 0.452. The molecule has 0 atom stereocenters. The summed E-state index contributed by atoms with van der Waals surface area (Å²) in [6.45, 7) is 10.4. The topological polar surface area (TPSA) is 65.7 Å². The van der Waals surface area contributed by atoms with Crippen LogP contribution in [0.25, 0.3) is 11.0 Å². The Balaban J connectivity index is 1.89. The number of hydrogen-bond donors (Lipinski definition) is 0. The first-order chi connectivity index (χ1) is 14.3. The SMILES string of the molecule is CCOC(=O)CCc1c(C)c2ccc(OCc3cc(C)ccc3C)c(C)c2oc1=O. The number of esters is 1. The zero-order valence-electron chi connectivity index (χ0n) is 18.3. The van der Waals surface area contributed by atoms with E-state index in [4.69, 9.17) is 13.9 Å². The first kappa shape index (κ1) is 21.6. The van der Waals surface area contributed by atoms with Crippen molar-refractivity contribution in [3.05, 3.63) is 74.1 Å². The van der Waals surface area contributed by atoms with Crippen molar-refractivity contribution < 1.29 is 18.7 Å². The van der Waals surface area contributed by atoms with Gasteiger partial charge in [-0.1, -0.05) is 23.8 Å². The minimum atomic E-state index is -0.418. The van der Waals surface area contributed by atoms with Crippen LogP contribution in [0.4, 0.5) is 0 Å². The Bertz CT molecular complexity index is 1140. The Morgan fingerprint density at radius 2 is 1.80 bits per heavy atom. The summed E-state index contributed by atoms with van der Waals surface area (Å²) in [5.41, 5.74) is 5.72. The predicted octanol–water partition coefficient (Wildman–Crippen LogP) is 5.10. The molecule has 0 unspecified atom stereocenters. The molecule has 5 heteroatoms. The summed E-state index contributed by atoms with van der Waals surface area (Å²) in [6, 6.07) is 10.1. The van der Waals surface area contributed by atoms with Crippen molar-refractivity contribution in [2.45, 2.75) is 54.1 Å². The number of carbonyl (C=O) groups is 1. The first-order valence-corrected chi connectivity index (χ1v) is 10.2. The molecule has 0 amide bonds. The summed E-state index contributed by atoms with van der Waals surface area (Å²) in [7, 11) is 0. The molecule has 0 N–H and O–H groups in total. The van der Waals surface area contributed by atoms with Gasteiger partial charge in [-0.15, -0.1) is 0 Å². The standard InChI is InChI=1S/C25H28O5/c1-6-28-23(26)12-10-21-17(4)20-9-11-22(18(5)24(20)30-25(21)27)29-14-19-13-15(2)7-8-16(19)3/h7-9,11,13H,6,10,12,14H2,1-5H3. The highest BCUT2D eigenvalue weighted by Gasteiger charge is 2.16. The van der Waals surface area contributed by atoms with Crippen LogP contribution in [0.3, 0.4) is 0 Å². The molecule has 0 spiro atoms. The fourth-order valence-electron chi connectivity index (χ4n) is 3.59. The molecule has 0 aliphatic rings. The molecule has 0 aliphatic heterocycles. The Hall–Kier alpha value is -3.08. The molecule has 0 radical (unpaired) electrons. The molecule has 0 bridgehead atoms. The maximum atomic E-state index is 12.6. The average molecular weight is 408 g/mol. The molecule has 0 saturated heterocycles. The van der Waals surface area contributed by atoms with Gasteiger partial charge in [0.15, 0.2) is 0 Å². The van der Waals surface area contributed by atoms with E-state index in [0.717, 1.165) is 22.1 Å². The lowest BCUT2D eigenvalue weighted by atomic mass is 10.0. The Morgan fingerprint density at radius 3 is 2.53 bits per heavy atom. The highest BCUT2D eigenvalue weighted by Crippen LogP contribution is 2.30. The van der Waals surface area contributed by atoms with Crippen LogP contribution in [0, 0.1) is 27.7 Å². The van der Waals surface area contributed by atoms with Crippen molar-refractivity contribution in [2.24, 2.45) is 0 Å². The highest BCUT2D eigenvalue weighted by atomic mass is 16.5. The molecule has 3 rings (SSSR count). The summed E-state index contributed by atoms with van der Waals surface area (Å²) in [4.78, 5) is 24.3. The van der Waals surface area contributed by atoms with E-state index in [9.17, 15) is 9.59 Å². The van der Waals surface area contributed by atoms with Gasteiger partial charge in [-0.05, 0) is 69.9 Å². The molecule has 5 nitrogen and oxygen atoms in total. The lowest BCUT2D eigenvalue weighted by Gasteiger charge is -2.14. The van der Waals surface area contributed by atoms with Crippen molar-refractivity contribution in [1.82, 2.24) is 0 Å². The summed E-state index contributed by atoms with van der Waals surface area (Å²) < 4.78 is 16.7. The van der Waals surface area contributed by atoms with Crippen LogP contribution >= 0.6 is 0 Å². The summed E-state index contributed by atoms with van der Waals surface area (Å²) >= 11 is 0. The highest BCUT2D eigenvalue weighted by molar-refractivity contribution is 5.85. The van der Waals surface area contributed by atoms with E-state index in [1.807, 2.05) is 26.0 Å². The van der Waals surface area contributed by atoms with E-state index in [-0.39, 0.29) is 12.4 Å². The van der Waals surface area contributed by atoms with Crippen LogP contribution in [-0.2, 0) is 22.6 Å². The quantitative estimate of drug-likeness (QED) is 0.402. The molecule has 158 valence electrons. The van der Waals surface area contributed by atoms with Gasteiger partial charge >= 0.3 is 11.6 Å². The second kappa shape index (κ2) is 9.16. The van der Waals surface area contributed by atoms with E-state index in [0.29, 0.717) is 36.5 Å². The maximum Gasteiger partial charge on any atom is 0.339 e. The fourth-order valence-corrected chi connectivity index (χ4v) is 3.59. The molecule has 3 aromatic rings. The largest absolute Gasteiger partial charge is 0.488 e. The number of benzene rings is 2. The van der Waals surface area contributed by atoms with E-state index in [2.05, 4.69) is 32.0 Å². The van der Waals surface area contributed by atoms with Gasteiger partial charge in [0.05, 0.1) is 6.61 Å². The molecular weight excluding hydrogens is 380 g/mol. The number of hydrogen-bond acceptors (Lipinski definition) is 5. The molecule has 0 aliphatic carbocycles. The number of fused-ring (bicyclic) bond motifs is 1. The Morgan fingerprint density at radius 1 is 1.03 bits per heavy atom. The predicted molar refractivity (Wildman–Crippen MR) is 117 cm³/mol. The number of ether oxygens (including phenoxy) is 2. The van der Waals surface area contributed by atoms with Gasteiger partial charge in [-0.25, -0.2) is 4.79 Å². The summed E-state index contributed by atoms with van der Waals surface area (Å²) in [5.74, 6) is 0.369. The Kier molecular flexibility index (Phi) is 6.60. The van der Waals surface area contributed by atoms with Crippen molar-refractivity contribution in [3.63, 3.8) is 0 Å². The third-order valence-electron chi connectivity index (χ3n) is 5.43. The van der Waals surface area contributed by atoms with Gasteiger partial charge in [0.25, 0.3) is 0 Å². The zero-order valence-corrected chi connectivity index (χ0v) is 18.3. The van der Waals surface area contributed by atoms with E-state index in [1.165, 1.54) is 11.1 Å². The third kappa shape index (κ3) is 4.56. The van der Waals surface area contributed by atoms with Crippen LogP contribution < -0.4 is 10.4 Å². The van der Waals surface area contributed by atoms with E-state index in [1.54, 1.807) is 6.92 Å². The van der Waals surface area contributed by atoms with Crippen molar-refractivity contribution in [3.8, 4) is 5.75 Å². The first-order valence-electron chi connectivity index (χ1n) is 10.2. The molecule has 1 aromatic heterocycles. The second-order valence-corrected chi connectivity index (χ2v) is 7.58. The van der Waals surface area contributed by atoms with Crippen molar-refractivity contribution in [2.75, 3.05) is 6.61 Å². The zero-order chi connectivity index (χ0) is 21.8. The summed E-state index contributed by atoms with van der Waals surface area (Å²) in [5, 5.41) is 0.852. The molecule has 0 saturated carbocycles. The average Bonchev–Trinajstić information content (AvgIpc) is 2.70. The molecule has 0 fully saturated rings. The van der Waals surface area contributed by atoms with Crippen molar-refractivity contribution in [1.29, 1.82) is 0 Å². The Labute approximate surface area is 176 Å². The number of carbonyl (C=O) groups excluding carboxylic acids is 1. The molecular formula is C25H28O5. The van der Waals surface area contributed by atoms with E-state index >= 15 is 0 Å². The number of aryl methyl sites for hydroxylation is 4. The van der Waals surface area contributed by atoms with Crippen LogP contribution in [0.2, 0.25) is 0 Å². The van der Waals surface area contributed by atoms with Crippen LogP contribution in [-0.4, -0.2) is 12.6 Å². The fraction of sp³-hybridized carbons (Fsp3) is 0.360. The van der Waals surface area contributed by atoms with Gasteiger partial charge in [0, 0.05) is 22.9 Å². The van der Waals surface area contributed by atoms with Gasteiger partial charge in [0.2, 0.25) is 0 Å². The van der Waals surface area contributed by atoms with Crippen LogP contribution in [0.5, 0.6) is 5.75 Å². The van der Waals surface area contributed by atoms with Crippen molar-refractivity contribution >= 4 is 16.9 Å².